The smallest absolute Gasteiger partial charge is 0.303 e. The van der Waals surface area contributed by atoms with Gasteiger partial charge in [-0.1, -0.05) is 63.2 Å². The Labute approximate surface area is 172 Å². The molecular weight excluding hydrogens is 364 g/mol. The Morgan fingerprint density at radius 3 is 2.28 bits per heavy atom. The molecule has 0 heterocycles. The van der Waals surface area contributed by atoms with E-state index in [1.807, 2.05) is 48.5 Å². The van der Waals surface area contributed by atoms with Gasteiger partial charge in [-0.3, -0.25) is 4.79 Å². The Morgan fingerprint density at radius 1 is 0.897 bits per heavy atom. The van der Waals surface area contributed by atoms with Gasteiger partial charge < -0.3 is 14.6 Å². The lowest BCUT2D eigenvalue weighted by Gasteiger charge is -2.19. The van der Waals surface area contributed by atoms with Gasteiger partial charge >= 0.3 is 5.97 Å². The Bertz CT molecular complexity index is 968. The van der Waals surface area contributed by atoms with Crippen molar-refractivity contribution in [3.05, 3.63) is 71.8 Å². The molecule has 0 aromatic heterocycles. The number of fused-ring (bicyclic) bond motifs is 1. The monoisotopic (exact) mass is 392 g/mol. The van der Waals surface area contributed by atoms with Crippen LogP contribution in [-0.4, -0.2) is 24.3 Å². The van der Waals surface area contributed by atoms with E-state index in [4.69, 9.17) is 14.6 Å². The molecule has 0 spiro atoms. The average molecular weight is 392 g/mol. The zero-order valence-electron chi connectivity index (χ0n) is 17.3. The van der Waals surface area contributed by atoms with Crippen molar-refractivity contribution >= 4 is 16.7 Å². The Morgan fingerprint density at radius 2 is 1.59 bits per heavy atom. The summed E-state index contributed by atoms with van der Waals surface area (Å²) in [6, 6.07) is 20.0. The summed E-state index contributed by atoms with van der Waals surface area (Å²) < 4.78 is 11.8. The maximum atomic E-state index is 11.1. The van der Waals surface area contributed by atoms with E-state index in [0.717, 1.165) is 27.8 Å². The highest BCUT2D eigenvalue weighted by molar-refractivity contribution is 5.88. The van der Waals surface area contributed by atoms with Gasteiger partial charge in [0.05, 0.1) is 0 Å². The summed E-state index contributed by atoms with van der Waals surface area (Å²) in [5, 5.41) is 11.2. The minimum atomic E-state index is -0.814. The van der Waals surface area contributed by atoms with Crippen molar-refractivity contribution < 1.29 is 19.4 Å². The van der Waals surface area contributed by atoms with Gasteiger partial charge in [0.25, 0.3) is 0 Å². The molecule has 0 fully saturated rings. The first-order chi connectivity index (χ1) is 13.8. The number of ether oxygens (including phenoxy) is 2. The van der Waals surface area contributed by atoms with Gasteiger partial charge in [-0.05, 0) is 46.4 Å². The normalized spacial score (nSPS) is 11.4. The molecule has 0 aliphatic carbocycles. The van der Waals surface area contributed by atoms with Gasteiger partial charge in [-0.15, -0.1) is 0 Å². The lowest BCUT2D eigenvalue weighted by Crippen LogP contribution is -2.12. The van der Waals surface area contributed by atoms with Crippen LogP contribution >= 0.6 is 0 Å². The highest BCUT2D eigenvalue weighted by Gasteiger charge is 2.13. The number of aliphatic carboxylic acids is 1. The molecule has 29 heavy (non-hydrogen) atoms. The fourth-order valence-corrected chi connectivity index (χ4v) is 3.30. The molecular formula is C25H28O4. The number of carbonyl (C=O) groups is 1. The van der Waals surface area contributed by atoms with Crippen molar-refractivity contribution in [2.45, 2.75) is 39.0 Å². The summed E-state index contributed by atoms with van der Waals surface area (Å²) in [5.74, 6) is 0.716. The summed E-state index contributed by atoms with van der Waals surface area (Å²) in [6.45, 7) is 7.35. The van der Waals surface area contributed by atoms with Crippen LogP contribution in [0.15, 0.2) is 60.7 Å². The predicted molar refractivity (Wildman–Crippen MR) is 116 cm³/mol. The molecule has 0 bridgehead atoms. The second kappa shape index (κ2) is 8.99. The Hall–Kier alpha value is -3.01. The number of rotatable bonds is 8. The number of carboxylic acids is 1. The second-order valence-electron chi connectivity index (χ2n) is 8.13. The van der Waals surface area contributed by atoms with Gasteiger partial charge in [0.2, 0.25) is 0 Å². The SMILES string of the molecule is CC(C)(C)c1ccc(OCCOc2ccc3ccccc3c2CCC(=O)O)cc1. The van der Waals surface area contributed by atoms with E-state index < -0.39 is 5.97 Å². The molecule has 0 atom stereocenters. The minimum absolute atomic E-state index is 0.0704. The van der Waals surface area contributed by atoms with Crippen LogP contribution in [0.2, 0.25) is 0 Å². The minimum Gasteiger partial charge on any atom is -0.490 e. The van der Waals surface area contributed by atoms with Crippen LogP contribution in [0.3, 0.4) is 0 Å². The standard InChI is InChI=1S/C25H28O4/c1-25(2,3)19-9-11-20(12-10-19)28-16-17-29-23-14-8-18-6-4-5-7-21(18)22(23)13-15-24(26)27/h4-12,14H,13,15-17H2,1-3H3,(H,26,27). The topological polar surface area (TPSA) is 55.8 Å². The number of benzene rings is 3. The lowest BCUT2D eigenvalue weighted by atomic mass is 9.87. The summed E-state index contributed by atoms with van der Waals surface area (Å²) in [6.07, 6.45) is 0.502. The molecule has 0 radical (unpaired) electrons. The van der Waals surface area contributed by atoms with Crippen LogP contribution in [0.5, 0.6) is 11.5 Å². The van der Waals surface area contributed by atoms with Crippen LogP contribution in [0.4, 0.5) is 0 Å². The van der Waals surface area contributed by atoms with Crippen LogP contribution in [0.25, 0.3) is 10.8 Å². The molecule has 152 valence electrons. The van der Waals surface area contributed by atoms with E-state index in [0.29, 0.717) is 19.6 Å². The fourth-order valence-electron chi connectivity index (χ4n) is 3.30. The lowest BCUT2D eigenvalue weighted by molar-refractivity contribution is -0.136. The van der Waals surface area contributed by atoms with Crippen LogP contribution in [0.1, 0.15) is 38.3 Å². The third-order valence-electron chi connectivity index (χ3n) is 4.92. The maximum Gasteiger partial charge on any atom is 0.303 e. The van der Waals surface area contributed by atoms with Crippen LogP contribution in [-0.2, 0) is 16.6 Å². The first kappa shape index (κ1) is 20.7. The number of carboxylic acid groups (broad SMARTS) is 1. The van der Waals surface area contributed by atoms with Crippen molar-refractivity contribution in [1.82, 2.24) is 0 Å². The third-order valence-corrected chi connectivity index (χ3v) is 4.92. The molecule has 0 amide bonds. The molecule has 3 aromatic rings. The Kier molecular flexibility index (Phi) is 6.42. The highest BCUT2D eigenvalue weighted by atomic mass is 16.5. The van der Waals surface area contributed by atoms with Gasteiger partial charge in [0.15, 0.2) is 0 Å². The van der Waals surface area contributed by atoms with E-state index in [-0.39, 0.29) is 11.8 Å². The van der Waals surface area contributed by atoms with Gasteiger partial charge in [-0.2, -0.15) is 0 Å². The van der Waals surface area contributed by atoms with Gasteiger partial charge in [0.1, 0.15) is 24.7 Å². The van der Waals surface area contributed by atoms with Crippen molar-refractivity contribution in [2.24, 2.45) is 0 Å². The van der Waals surface area contributed by atoms with Crippen LogP contribution in [0, 0.1) is 0 Å². The van der Waals surface area contributed by atoms with Crippen molar-refractivity contribution in [2.75, 3.05) is 13.2 Å². The fraction of sp³-hybridized carbons (Fsp3) is 0.320. The summed E-state index contributed by atoms with van der Waals surface area (Å²) in [4.78, 5) is 11.1. The highest BCUT2D eigenvalue weighted by Crippen LogP contribution is 2.29. The number of aryl methyl sites for hydroxylation is 1. The average Bonchev–Trinajstić information content (AvgIpc) is 2.69. The first-order valence-electron chi connectivity index (χ1n) is 9.93. The molecule has 3 rings (SSSR count). The molecule has 4 nitrogen and oxygen atoms in total. The molecule has 3 aromatic carbocycles. The molecule has 0 unspecified atom stereocenters. The van der Waals surface area contributed by atoms with Crippen molar-refractivity contribution in [3.63, 3.8) is 0 Å². The third kappa shape index (κ3) is 5.50. The molecule has 4 heteroatoms. The predicted octanol–water partition coefficient (Wildman–Crippen LogP) is 5.61. The number of hydrogen-bond acceptors (Lipinski definition) is 3. The van der Waals surface area contributed by atoms with Crippen molar-refractivity contribution in [3.8, 4) is 11.5 Å². The molecule has 0 saturated heterocycles. The zero-order valence-corrected chi connectivity index (χ0v) is 17.3. The van der Waals surface area contributed by atoms with Crippen LogP contribution < -0.4 is 9.47 Å². The maximum absolute atomic E-state index is 11.1. The molecule has 1 N–H and O–H groups in total. The van der Waals surface area contributed by atoms with Crippen molar-refractivity contribution in [1.29, 1.82) is 0 Å². The second-order valence-corrected chi connectivity index (χ2v) is 8.13. The van der Waals surface area contributed by atoms with Gasteiger partial charge in [0, 0.05) is 12.0 Å². The Balaban J connectivity index is 1.64. The molecule has 0 aliphatic rings. The summed E-state index contributed by atoms with van der Waals surface area (Å²) >= 11 is 0. The molecule has 0 saturated carbocycles. The first-order valence-corrected chi connectivity index (χ1v) is 9.93. The van der Waals surface area contributed by atoms with E-state index in [1.54, 1.807) is 0 Å². The summed E-state index contributed by atoms with van der Waals surface area (Å²) in [7, 11) is 0. The quantitative estimate of drug-likeness (QED) is 0.506. The van der Waals surface area contributed by atoms with E-state index in [1.165, 1.54) is 5.56 Å². The summed E-state index contributed by atoms with van der Waals surface area (Å²) in [5.41, 5.74) is 2.31. The van der Waals surface area contributed by atoms with E-state index >= 15 is 0 Å². The van der Waals surface area contributed by atoms with E-state index in [9.17, 15) is 4.79 Å². The molecule has 0 aliphatic heterocycles. The number of hydrogen-bond donors (Lipinski definition) is 1. The largest absolute Gasteiger partial charge is 0.490 e. The van der Waals surface area contributed by atoms with Gasteiger partial charge in [-0.25, -0.2) is 0 Å². The van der Waals surface area contributed by atoms with E-state index in [2.05, 4.69) is 32.9 Å². The zero-order chi connectivity index (χ0) is 20.9.